The molecule has 0 saturated carbocycles. The van der Waals surface area contributed by atoms with Crippen molar-refractivity contribution < 1.29 is 18.4 Å². The molecule has 14 heteroatoms. The van der Waals surface area contributed by atoms with E-state index in [1.807, 2.05) is 17.0 Å². The molecule has 2 atom stereocenters. The molecule has 1 amide bonds. The summed E-state index contributed by atoms with van der Waals surface area (Å²) in [6.07, 6.45) is 7.00. The Morgan fingerprint density at radius 1 is 0.964 bits per heavy atom. The number of fused-ring (bicyclic) bond motifs is 2. The van der Waals surface area contributed by atoms with E-state index in [-0.39, 0.29) is 34.4 Å². The van der Waals surface area contributed by atoms with Crippen LogP contribution >= 0.6 is 0 Å². The zero-order chi connectivity index (χ0) is 38.6. The van der Waals surface area contributed by atoms with Gasteiger partial charge in [-0.3, -0.25) is 19.3 Å². The summed E-state index contributed by atoms with van der Waals surface area (Å²) in [5.74, 6) is 2.20. The molecule has 0 bridgehead atoms. The maximum absolute atomic E-state index is 14.7. The average Bonchev–Trinajstić information content (AvgIpc) is 3.78. The van der Waals surface area contributed by atoms with Gasteiger partial charge >= 0.3 is 0 Å². The number of amidine groups is 1. The number of nitrogens with zero attached hydrogens (tertiary/aromatic N) is 10. The number of amides is 1. The van der Waals surface area contributed by atoms with E-state index in [2.05, 4.69) is 62.7 Å². The molecule has 8 rings (SSSR count). The Balaban J connectivity index is 0.999. The number of aromatic nitrogens is 4. The van der Waals surface area contributed by atoms with E-state index >= 15 is 0 Å². The van der Waals surface area contributed by atoms with E-state index in [0.717, 1.165) is 100 Å². The normalized spacial score (nSPS) is 24.5. The van der Waals surface area contributed by atoms with Gasteiger partial charge in [-0.1, -0.05) is 27.7 Å². The molecule has 2 aromatic heterocycles. The first-order valence-corrected chi connectivity index (χ1v) is 19.9. The molecule has 0 N–H and O–H groups in total. The summed E-state index contributed by atoms with van der Waals surface area (Å²) in [5, 5.41) is 20.5. The molecule has 7 heterocycles. The number of aldehydes is 1. The lowest BCUT2D eigenvalue weighted by atomic mass is 9.61. The number of carbonyl (C=O) groups is 2. The number of carbonyl (C=O) groups excluding carboxylic acids is 2. The summed E-state index contributed by atoms with van der Waals surface area (Å²) in [5.41, 5.74) is 3.47. The van der Waals surface area contributed by atoms with Crippen LogP contribution < -0.4 is 9.80 Å². The molecule has 0 aliphatic carbocycles. The fraction of sp³-hybridized carbons (Fsp3) is 0.610. The zero-order valence-electron chi connectivity index (χ0n) is 32.7. The average molecular weight is 757 g/mol. The number of hydrogen-bond acceptors (Lipinski definition) is 10. The number of benzene rings is 1. The second-order valence-electron chi connectivity index (χ2n) is 17.8. The Labute approximate surface area is 322 Å². The van der Waals surface area contributed by atoms with Crippen LogP contribution in [0.2, 0.25) is 0 Å². The minimum absolute atomic E-state index is 0.00939. The molecule has 0 spiro atoms. The van der Waals surface area contributed by atoms with Gasteiger partial charge in [0, 0.05) is 88.5 Å². The zero-order valence-corrected chi connectivity index (χ0v) is 32.7. The van der Waals surface area contributed by atoms with Gasteiger partial charge in [0.15, 0.2) is 12.1 Å². The number of likely N-dealkylation sites (tertiary alicyclic amines) is 2. The molecule has 5 aliphatic heterocycles. The molecule has 2 unspecified atom stereocenters. The van der Waals surface area contributed by atoms with Gasteiger partial charge in [-0.25, -0.2) is 8.78 Å². The Bertz CT molecular complexity index is 1900. The van der Waals surface area contributed by atoms with E-state index < -0.39 is 6.43 Å². The van der Waals surface area contributed by atoms with Crippen molar-refractivity contribution >= 4 is 30.0 Å². The number of piperidine rings is 3. The highest BCUT2D eigenvalue weighted by Crippen LogP contribution is 2.48. The summed E-state index contributed by atoms with van der Waals surface area (Å²) >= 11 is 0. The van der Waals surface area contributed by atoms with Crippen molar-refractivity contribution in [3.05, 3.63) is 53.5 Å². The van der Waals surface area contributed by atoms with Gasteiger partial charge in [0.25, 0.3) is 6.43 Å². The molecule has 1 aromatic carbocycles. The summed E-state index contributed by atoms with van der Waals surface area (Å²) in [6.45, 7) is 16.1. The first-order valence-electron chi connectivity index (χ1n) is 19.9. The minimum Gasteiger partial charge on any atom is -0.354 e. The first kappa shape index (κ1) is 37.5. The van der Waals surface area contributed by atoms with Crippen LogP contribution in [-0.4, -0.2) is 118 Å². The van der Waals surface area contributed by atoms with Crippen LogP contribution in [0.15, 0.2) is 41.8 Å². The lowest BCUT2D eigenvalue weighted by Crippen LogP contribution is -2.59. The van der Waals surface area contributed by atoms with Crippen LogP contribution in [0.25, 0.3) is 11.1 Å². The number of hydrogen-bond donors (Lipinski definition) is 0. The highest BCUT2D eigenvalue weighted by atomic mass is 19.3. The number of halogens is 2. The van der Waals surface area contributed by atoms with Crippen molar-refractivity contribution in [2.45, 2.75) is 78.3 Å². The lowest BCUT2D eigenvalue weighted by Gasteiger charge is -2.55. The van der Waals surface area contributed by atoms with Gasteiger partial charge in [0.2, 0.25) is 6.41 Å². The van der Waals surface area contributed by atoms with Gasteiger partial charge in [0.05, 0.1) is 18.2 Å². The summed E-state index contributed by atoms with van der Waals surface area (Å²) in [4.78, 5) is 32.2. The molecular weight excluding hydrogens is 703 g/mol. The Morgan fingerprint density at radius 3 is 2.36 bits per heavy atom. The van der Waals surface area contributed by atoms with Crippen molar-refractivity contribution in [1.29, 1.82) is 0 Å². The number of anilines is 2. The smallest absolute Gasteiger partial charge is 0.264 e. The minimum atomic E-state index is -2.64. The number of hydrazone groups is 1. The van der Waals surface area contributed by atoms with Gasteiger partial charge < -0.3 is 19.6 Å². The summed E-state index contributed by atoms with van der Waals surface area (Å²) in [6, 6.07) is 7.70. The monoisotopic (exact) mass is 756 g/mol. The molecule has 3 fully saturated rings. The number of alkyl halides is 2. The summed E-state index contributed by atoms with van der Waals surface area (Å²) in [7, 11) is 1.80. The van der Waals surface area contributed by atoms with Gasteiger partial charge in [0.1, 0.15) is 11.5 Å². The number of aryl methyl sites for hydroxylation is 2. The van der Waals surface area contributed by atoms with Crippen LogP contribution in [0.1, 0.15) is 81.4 Å². The van der Waals surface area contributed by atoms with E-state index in [0.29, 0.717) is 42.4 Å². The molecule has 294 valence electrons. The van der Waals surface area contributed by atoms with Crippen molar-refractivity contribution in [3.63, 3.8) is 0 Å². The van der Waals surface area contributed by atoms with E-state index in [1.165, 1.54) is 0 Å². The van der Waals surface area contributed by atoms with Crippen molar-refractivity contribution in [2.24, 2.45) is 34.8 Å². The van der Waals surface area contributed by atoms with Crippen molar-refractivity contribution in [1.82, 2.24) is 34.8 Å². The third-order valence-electron chi connectivity index (χ3n) is 13.1. The standard InChI is InChI=1S/C41H54F2N10O2/c1-40(2)24-51(37-9-8-29(23-54)45-46-37)25-41(3,4)36(40)22-49-14-10-30(11-15-49)53-34-12-16-50(26-55)21-33(34)39(47-53)52-13-6-7-27-17-31(28-19-44-48(5)20-28)32(38(42)43)18-35(27)52/h8-9,17-20,23,26,30,33-34,36,38H,6-7,10-16,21-22,24-25H2,1-5H3. The third-order valence-corrected chi connectivity index (χ3v) is 13.1. The quantitative estimate of drug-likeness (QED) is 0.275. The fourth-order valence-electron chi connectivity index (χ4n) is 10.5. The molecule has 0 radical (unpaired) electrons. The highest BCUT2D eigenvalue weighted by Gasteiger charge is 2.49. The molecule has 3 aromatic rings. The fourth-order valence-corrected chi connectivity index (χ4v) is 10.5. The van der Waals surface area contributed by atoms with Gasteiger partial charge in [-0.15, -0.1) is 10.2 Å². The largest absolute Gasteiger partial charge is 0.354 e. The SMILES string of the molecule is Cn1cc(-c2cc3c(cc2C(F)F)N(C2=NN(C4CCN(CC5C(C)(C)CN(c6ccc(C=O)nn6)CC5(C)C)CC4)C4CCN(C=O)CC24)CCC3)cn1. The van der Waals surface area contributed by atoms with Crippen molar-refractivity contribution in [2.75, 3.05) is 62.2 Å². The molecule has 12 nitrogen and oxygen atoms in total. The predicted molar refractivity (Wildman–Crippen MR) is 208 cm³/mol. The third kappa shape index (κ3) is 7.10. The molecule has 55 heavy (non-hydrogen) atoms. The van der Waals surface area contributed by atoms with E-state index in [1.54, 1.807) is 36.3 Å². The van der Waals surface area contributed by atoms with E-state index in [4.69, 9.17) is 5.10 Å². The van der Waals surface area contributed by atoms with Gasteiger partial charge in [-0.05, 0) is 84.2 Å². The first-order chi connectivity index (χ1) is 26.3. The molecule has 5 aliphatic rings. The maximum atomic E-state index is 14.7. The van der Waals surface area contributed by atoms with Gasteiger partial charge in [-0.2, -0.15) is 10.2 Å². The van der Waals surface area contributed by atoms with E-state index in [9.17, 15) is 18.4 Å². The highest BCUT2D eigenvalue weighted by molar-refractivity contribution is 6.02. The van der Waals surface area contributed by atoms with Crippen LogP contribution in [0.5, 0.6) is 0 Å². The van der Waals surface area contributed by atoms with Crippen LogP contribution in [0.4, 0.5) is 20.3 Å². The Morgan fingerprint density at radius 2 is 1.73 bits per heavy atom. The predicted octanol–water partition coefficient (Wildman–Crippen LogP) is 5.51. The second-order valence-corrected chi connectivity index (χ2v) is 17.8. The molecular formula is C41H54F2N10O2. The number of rotatable bonds is 8. The second kappa shape index (κ2) is 14.6. The Hall–Kier alpha value is -4.46. The van der Waals surface area contributed by atoms with Crippen LogP contribution in [0, 0.1) is 22.7 Å². The maximum Gasteiger partial charge on any atom is 0.264 e. The Kier molecular flexibility index (Phi) is 9.92. The lowest BCUT2D eigenvalue weighted by molar-refractivity contribution is -0.120. The summed E-state index contributed by atoms with van der Waals surface area (Å²) < 4.78 is 31.0. The van der Waals surface area contributed by atoms with Crippen LogP contribution in [0.3, 0.4) is 0 Å². The molecule has 3 saturated heterocycles. The van der Waals surface area contributed by atoms with Crippen molar-refractivity contribution in [3.8, 4) is 11.1 Å². The topological polar surface area (TPSA) is 106 Å². The van der Waals surface area contributed by atoms with Crippen LogP contribution in [-0.2, 0) is 18.3 Å².